The molecular formula is C12H14N2O2S. The summed E-state index contributed by atoms with van der Waals surface area (Å²) >= 11 is 1.63. The van der Waals surface area contributed by atoms with Crippen LogP contribution in [0.2, 0.25) is 0 Å². The third kappa shape index (κ3) is 2.21. The van der Waals surface area contributed by atoms with Crippen LogP contribution in [0.25, 0.3) is 10.6 Å². The molecule has 3 heterocycles. The molecule has 1 aliphatic heterocycles. The van der Waals surface area contributed by atoms with E-state index in [0.717, 1.165) is 30.0 Å². The normalized spacial score (nSPS) is 19.9. The highest BCUT2D eigenvalue weighted by atomic mass is 32.1. The molecule has 0 spiro atoms. The number of ether oxygens (including phenoxy) is 1. The standard InChI is InChI=1S/C12H14N2O2S/c15-12-7-10(11-4-2-6-17-11)13-14(12)8-9-3-1-5-16-9/h2,4,6-7,9,13H,1,3,5,8H2. The molecule has 0 saturated carbocycles. The number of nitrogens with zero attached hydrogens (tertiary/aromatic N) is 1. The van der Waals surface area contributed by atoms with Gasteiger partial charge in [-0.25, -0.2) is 0 Å². The van der Waals surface area contributed by atoms with E-state index in [2.05, 4.69) is 5.10 Å². The number of hydrogen-bond donors (Lipinski definition) is 1. The molecule has 0 bridgehead atoms. The van der Waals surface area contributed by atoms with E-state index in [9.17, 15) is 4.79 Å². The Kier molecular flexibility index (Phi) is 2.86. The van der Waals surface area contributed by atoms with Gasteiger partial charge in [0.15, 0.2) is 0 Å². The van der Waals surface area contributed by atoms with Gasteiger partial charge in [-0.1, -0.05) is 6.07 Å². The van der Waals surface area contributed by atoms with E-state index in [1.54, 1.807) is 22.1 Å². The summed E-state index contributed by atoms with van der Waals surface area (Å²) in [7, 11) is 0. The van der Waals surface area contributed by atoms with Crippen molar-refractivity contribution in [1.82, 2.24) is 9.78 Å². The van der Waals surface area contributed by atoms with Crippen LogP contribution in [0.3, 0.4) is 0 Å². The molecule has 17 heavy (non-hydrogen) atoms. The van der Waals surface area contributed by atoms with Crippen LogP contribution in [-0.2, 0) is 11.3 Å². The number of hydrogen-bond acceptors (Lipinski definition) is 3. The Balaban J connectivity index is 1.83. The van der Waals surface area contributed by atoms with Gasteiger partial charge in [-0.05, 0) is 24.3 Å². The lowest BCUT2D eigenvalue weighted by Gasteiger charge is -2.08. The molecule has 0 amide bonds. The first kappa shape index (κ1) is 10.8. The predicted octanol–water partition coefficient (Wildman–Crippen LogP) is 2.08. The van der Waals surface area contributed by atoms with Crippen molar-refractivity contribution in [2.75, 3.05) is 6.61 Å². The number of thiophene rings is 1. The minimum absolute atomic E-state index is 0.0175. The van der Waals surface area contributed by atoms with E-state index in [4.69, 9.17) is 4.74 Å². The van der Waals surface area contributed by atoms with Crippen LogP contribution in [0.15, 0.2) is 28.4 Å². The quantitative estimate of drug-likeness (QED) is 0.906. The van der Waals surface area contributed by atoms with E-state index in [1.807, 2.05) is 17.5 Å². The van der Waals surface area contributed by atoms with Gasteiger partial charge in [0, 0.05) is 12.7 Å². The number of nitrogens with one attached hydrogen (secondary N) is 1. The first-order valence-corrected chi connectivity index (χ1v) is 6.66. The minimum Gasteiger partial charge on any atom is -0.376 e. The van der Waals surface area contributed by atoms with Gasteiger partial charge in [-0.2, -0.15) is 0 Å². The van der Waals surface area contributed by atoms with Gasteiger partial charge < -0.3 is 4.74 Å². The largest absolute Gasteiger partial charge is 0.376 e. The third-order valence-electron chi connectivity index (χ3n) is 2.99. The van der Waals surface area contributed by atoms with Crippen LogP contribution in [0.1, 0.15) is 12.8 Å². The Bertz CT molecular complexity index is 535. The number of rotatable bonds is 3. The molecule has 1 fully saturated rings. The molecule has 2 aromatic heterocycles. The van der Waals surface area contributed by atoms with Gasteiger partial charge in [0.25, 0.3) is 5.56 Å². The first-order chi connectivity index (χ1) is 8.33. The topological polar surface area (TPSA) is 47.0 Å². The fourth-order valence-electron chi connectivity index (χ4n) is 2.12. The highest BCUT2D eigenvalue weighted by Crippen LogP contribution is 2.21. The van der Waals surface area contributed by atoms with Crippen molar-refractivity contribution in [3.63, 3.8) is 0 Å². The highest BCUT2D eigenvalue weighted by molar-refractivity contribution is 7.13. The van der Waals surface area contributed by atoms with Crippen molar-refractivity contribution < 1.29 is 4.74 Å². The van der Waals surface area contributed by atoms with Crippen LogP contribution in [0, 0.1) is 0 Å². The zero-order valence-corrected chi connectivity index (χ0v) is 10.2. The number of aromatic amines is 1. The van der Waals surface area contributed by atoms with Crippen LogP contribution < -0.4 is 5.56 Å². The SMILES string of the molecule is O=c1cc(-c2cccs2)[nH]n1CC1CCCO1. The molecule has 0 aliphatic carbocycles. The summed E-state index contributed by atoms with van der Waals surface area (Å²) in [6.45, 7) is 1.45. The average Bonchev–Trinajstić information content (AvgIpc) is 3.02. The van der Waals surface area contributed by atoms with Crippen LogP contribution >= 0.6 is 11.3 Å². The zero-order valence-electron chi connectivity index (χ0n) is 9.39. The fraction of sp³-hybridized carbons (Fsp3) is 0.417. The molecule has 3 rings (SSSR count). The van der Waals surface area contributed by atoms with Crippen molar-refractivity contribution in [3.8, 4) is 10.6 Å². The van der Waals surface area contributed by atoms with Crippen molar-refractivity contribution in [2.45, 2.75) is 25.5 Å². The minimum atomic E-state index is 0.0175. The predicted molar refractivity (Wildman–Crippen MR) is 67.3 cm³/mol. The number of H-pyrrole nitrogens is 1. The fourth-order valence-corrected chi connectivity index (χ4v) is 2.81. The van der Waals surface area contributed by atoms with E-state index in [0.29, 0.717) is 6.54 Å². The second kappa shape index (κ2) is 4.50. The molecule has 1 aliphatic rings. The Morgan fingerprint density at radius 1 is 1.59 bits per heavy atom. The van der Waals surface area contributed by atoms with Crippen LogP contribution in [-0.4, -0.2) is 22.5 Å². The van der Waals surface area contributed by atoms with Gasteiger partial charge in [-0.15, -0.1) is 11.3 Å². The Morgan fingerprint density at radius 2 is 2.53 bits per heavy atom. The molecule has 0 aromatic carbocycles. The summed E-state index contributed by atoms with van der Waals surface area (Å²) in [5, 5.41) is 5.15. The summed E-state index contributed by atoms with van der Waals surface area (Å²) in [5.74, 6) is 0. The lowest BCUT2D eigenvalue weighted by atomic mass is 10.2. The van der Waals surface area contributed by atoms with E-state index in [1.165, 1.54) is 0 Å². The van der Waals surface area contributed by atoms with E-state index in [-0.39, 0.29) is 11.7 Å². The van der Waals surface area contributed by atoms with Gasteiger partial charge >= 0.3 is 0 Å². The average molecular weight is 250 g/mol. The van der Waals surface area contributed by atoms with Gasteiger partial charge in [0.1, 0.15) is 0 Å². The first-order valence-electron chi connectivity index (χ1n) is 5.78. The second-order valence-corrected chi connectivity index (χ2v) is 5.18. The molecule has 0 radical (unpaired) electrons. The maximum absolute atomic E-state index is 11.8. The summed E-state index contributed by atoms with van der Waals surface area (Å²) < 4.78 is 7.18. The summed E-state index contributed by atoms with van der Waals surface area (Å²) in [4.78, 5) is 12.9. The maximum Gasteiger partial charge on any atom is 0.267 e. The molecule has 1 N–H and O–H groups in total. The van der Waals surface area contributed by atoms with E-state index < -0.39 is 0 Å². The molecule has 5 heteroatoms. The maximum atomic E-state index is 11.8. The van der Waals surface area contributed by atoms with Crippen molar-refractivity contribution in [2.24, 2.45) is 0 Å². The highest BCUT2D eigenvalue weighted by Gasteiger charge is 2.17. The Morgan fingerprint density at radius 3 is 3.24 bits per heavy atom. The molecule has 90 valence electrons. The van der Waals surface area contributed by atoms with Crippen molar-refractivity contribution in [1.29, 1.82) is 0 Å². The lowest BCUT2D eigenvalue weighted by molar-refractivity contribution is 0.0932. The van der Waals surface area contributed by atoms with Crippen LogP contribution in [0.5, 0.6) is 0 Å². The zero-order chi connectivity index (χ0) is 11.7. The van der Waals surface area contributed by atoms with Gasteiger partial charge in [0.2, 0.25) is 0 Å². The Hall–Kier alpha value is -1.33. The summed E-state index contributed by atoms with van der Waals surface area (Å²) in [6, 6.07) is 5.64. The van der Waals surface area contributed by atoms with Gasteiger partial charge in [-0.3, -0.25) is 14.6 Å². The molecule has 4 nitrogen and oxygen atoms in total. The molecule has 1 unspecified atom stereocenters. The van der Waals surface area contributed by atoms with E-state index >= 15 is 0 Å². The summed E-state index contributed by atoms with van der Waals surface area (Å²) in [5.41, 5.74) is 0.909. The third-order valence-corrected chi connectivity index (χ3v) is 3.89. The second-order valence-electron chi connectivity index (χ2n) is 4.23. The number of aromatic nitrogens is 2. The monoisotopic (exact) mass is 250 g/mol. The molecular weight excluding hydrogens is 236 g/mol. The molecule has 1 atom stereocenters. The van der Waals surface area contributed by atoms with Crippen LogP contribution in [0.4, 0.5) is 0 Å². The lowest BCUT2D eigenvalue weighted by Crippen LogP contribution is -2.24. The van der Waals surface area contributed by atoms with Crippen molar-refractivity contribution >= 4 is 11.3 Å². The summed E-state index contributed by atoms with van der Waals surface area (Å²) in [6.07, 6.45) is 2.32. The smallest absolute Gasteiger partial charge is 0.267 e. The molecule has 1 saturated heterocycles. The van der Waals surface area contributed by atoms with Gasteiger partial charge in [0.05, 0.1) is 23.2 Å². The Labute approximate surface area is 103 Å². The molecule has 2 aromatic rings. The van der Waals surface area contributed by atoms with Crippen molar-refractivity contribution in [3.05, 3.63) is 33.9 Å².